The normalized spacial score (nSPS) is 10.7. The third-order valence-corrected chi connectivity index (χ3v) is 3.86. The molecular weight excluding hydrogens is 302 g/mol. The molecule has 0 aliphatic rings. The lowest BCUT2D eigenvalue weighted by molar-refractivity contribution is 0.415. The third kappa shape index (κ3) is 2.29. The molecule has 2 aromatic carbocycles. The van der Waals surface area contributed by atoms with Crippen molar-refractivity contribution in [1.82, 2.24) is 15.2 Å². The first kappa shape index (κ1) is 14.0. The van der Waals surface area contributed by atoms with Crippen molar-refractivity contribution in [2.45, 2.75) is 0 Å². The average Bonchev–Trinajstić information content (AvgIpc) is 3.12. The lowest BCUT2D eigenvalue weighted by atomic mass is 10.1. The van der Waals surface area contributed by atoms with Crippen LogP contribution in [0, 0.1) is 11.3 Å². The number of nitrogens with zero attached hydrogens (tertiary/aromatic N) is 3. The Morgan fingerprint density at radius 3 is 2.92 bits per heavy atom. The predicted molar refractivity (Wildman–Crippen MR) is 92.4 cm³/mol. The van der Waals surface area contributed by atoms with E-state index in [4.69, 9.17) is 10.00 Å². The molecule has 0 bridgehead atoms. The molecule has 116 valence electrons. The second-order valence-electron chi connectivity index (χ2n) is 5.32. The fourth-order valence-electron chi connectivity index (χ4n) is 2.70. The second kappa shape index (κ2) is 5.56. The van der Waals surface area contributed by atoms with Crippen LogP contribution in [0.2, 0.25) is 0 Å². The Balaban J connectivity index is 1.88. The van der Waals surface area contributed by atoms with Gasteiger partial charge < -0.3 is 10.1 Å². The molecule has 0 saturated carbocycles. The van der Waals surface area contributed by atoms with Gasteiger partial charge in [0.2, 0.25) is 0 Å². The molecule has 2 aromatic heterocycles. The molecule has 4 rings (SSSR count). The number of anilines is 2. The molecule has 4 aromatic rings. The summed E-state index contributed by atoms with van der Waals surface area (Å²) < 4.78 is 5.29. The van der Waals surface area contributed by atoms with E-state index in [2.05, 4.69) is 26.6 Å². The minimum Gasteiger partial charge on any atom is -0.497 e. The largest absolute Gasteiger partial charge is 0.497 e. The summed E-state index contributed by atoms with van der Waals surface area (Å²) in [6.45, 7) is 0. The molecule has 6 nitrogen and oxygen atoms in total. The fourth-order valence-corrected chi connectivity index (χ4v) is 2.70. The molecule has 24 heavy (non-hydrogen) atoms. The van der Waals surface area contributed by atoms with Gasteiger partial charge in [-0.1, -0.05) is 6.07 Å². The van der Waals surface area contributed by atoms with Crippen molar-refractivity contribution in [3.05, 3.63) is 54.2 Å². The molecule has 0 spiro atoms. The number of aromatic amines is 1. The summed E-state index contributed by atoms with van der Waals surface area (Å²) >= 11 is 0. The van der Waals surface area contributed by atoms with Crippen molar-refractivity contribution in [3.63, 3.8) is 0 Å². The van der Waals surface area contributed by atoms with Crippen LogP contribution in [-0.2, 0) is 0 Å². The molecule has 6 heteroatoms. The predicted octanol–water partition coefficient (Wildman–Crippen LogP) is 3.73. The second-order valence-corrected chi connectivity index (χ2v) is 5.32. The van der Waals surface area contributed by atoms with E-state index in [0.717, 1.165) is 33.2 Å². The fraction of sp³-hybridized carbons (Fsp3) is 0.0556. The Bertz CT molecular complexity index is 1090. The van der Waals surface area contributed by atoms with Gasteiger partial charge in [-0.3, -0.25) is 5.10 Å². The average molecular weight is 315 g/mol. The van der Waals surface area contributed by atoms with E-state index in [1.54, 1.807) is 25.4 Å². The number of H-pyrrole nitrogens is 1. The number of hydrogen-bond donors (Lipinski definition) is 2. The van der Waals surface area contributed by atoms with E-state index in [0.29, 0.717) is 11.4 Å². The van der Waals surface area contributed by atoms with Crippen LogP contribution in [0.5, 0.6) is 5.75 Å². The van der Waals surface area contributed by atoms with Crippen LogP contribution in [0.1, 0.15) is 5.56 Å². The zero-order valence-corrected chi connectivity index (χ0v) is 12.9. The molecule has 0 amide bonds. The first-order chi connectivity index (χ1) is 11.8. The van der Waals surface area contributed by atoms with Gasteiger partial charge in [-0.25, -0.2) is 4.98 Å². The molecule has 0 unspecified atom stereocenters. The van der Waals surface area contributed by atoms with Gasteiger partial charge in [0.05, 0.1) is 30.5 Å². The molecule has 0 radical (unpaired) electrons. The van der Waals surface area contributed by atoms with Crippen molar-refractivity contribution in [2.75, 3.05) is 12.4 Å². The standard InChI is InChI=1S/C18H13N5O/c1-24-13-5-6-16-14(8-13)15-10-20-23-17(15)18(22-16)21-12-4-2-3-11(7-12)9-19/h2-8,10H,1H3,(H,20,23)(H,21,22). The summed E-state index contributed by atoms with van der Waals surface area (Å²) in [5.41, 5.74) is 3.03. The van der Waals surface area contributed by atoms with Crippen LogP contribution in [0.25, 0.3) is 21.8 Å². The number of benzene rings is 2. The number of rotatable bonds is 3. The number of fused-ring (bicyclic) bond motifs is 3. The van der Waals surface area contributed by atoms with E-state index in [1.165, 1.54) is 0 Å². The SMILES string of the molecule is COc1ccc2nc(Nc3cccc(C#N)c3)c3[nH]ncc3c2c1. The summed E-state index contributed by atoms with van der Waals surface area (Å²) in [4.78, 5) is 4.68. The smallest absolute Gasteiger partial charge is 0.157 e. The van der Waals surface area contributed by atoms with Gasteiger partial charge in [0, 0.05) is 16.5 Å². The highest BCUT2D eigenvalue weighted by Crippen LogP contribution is 2.31. The maximum Gasteiger partial charge on any atom is 0.157 e. The quantitative estimate of drug-likeness (QED) is 0.601. The molecule has 0 atom stereocenters. The maximum atomic E-state index is 9.04. The zero-order valence-electron chi connectivity index (χ0n) is 12.9. The minimum absolute atomic E-state index is 0.589. The summed E-state index contributed by atoms with van der Waals surface area (Å²) in [5, 5.41) is 21.4. The number of ether oxygens (including phenoxy) is 1. The first-order valence-electron chi connectivity index (χ1n) is 7.36. The number of nitrogens with one attached hydrogen (secondary N) is 2. The van der Waals surface area contributed by atoms with E-state index in [1.807, 2.05) is 30.3 Å². The lowest BCUT2D eigenvalue weighted by Gasteiger charge is -2.10. The molecule has 0 saturated heterocycles. The molecule has 2 heterocycles. The monoisotopic (exact) mass is 315 g/mol. The van der Waals surface area contributed by atoms with Crippen molar-refractivity contribution in [2.24, 2.45) is 0 Å². The molecule has 0 aliphatic heterocycles. The molecule has 2 N–H and O–H groups in total. The van der Waals surface area contributed by atoms with Crippen LogP contribution < -0.4 is 10.1 Å². The topological polar surface area (TPSA) is 86.6 Å². The highest BCUT2D eigenvalue weighted by atomic mass is 16.5. The lowest BCUT2D eigenvalue weighted by Crippen LogP contribution is -1.96. The number of hydrogen-bond acceptors (Lipinski definition) is 5. The van der Waals surface area contributed by atoms with E-state index in [9.17, 15) is 0 Å². The van der Waals surface area contributed by atoms with Gasteiger partial charge in [0.25, 0.3) is 0 Å². The maximum absolute atomic E-state index is 9.04. The minimum atomic E-state index is 0.589. The van der Waals surface area contributed by atoms with E-state index < -0.39 is 0 Å². The molecular formula is C18H13N5O. The van der Waals surface area contributed by atoms with Crippen molar-refractivity contribution >= 4 is 33.3 Å². The van der Waals surface area contributed by atoms with Crippen LogP contribution in [0.3, 0.4) is 0 Å². The van der Waals surface area contributed by atoms with Gasteiger partial charge in [-0.05, 0) is 36.4 Å². The van der Waals surface area contributed by atoms with Gasteiger partial charge >= 0.3 is 0 Å². The summed E-state index contributed by atoms with van der Waals surface area (Å²) in [5.74, 6) is 1.43. The summed E-state index contributed by atoms with van der Waals surface area (Å²) in [6.07, 6.45) is 1.77. The Kier molecular flexibility index (Phi) is 3.25. The van der Waals surface area contributed by atoms with Crippen molar-refractivity contribution in [1.29, 1.82) is 5.26 Å². The van der Waals surface area contributed by atoms with Crippen LogP contribution in [0.4, 0.5) is 11.5 Å². The number of methoxy groups -OCH3 is 1. The number of aromatic nitrogens is 3. The zero-order chi connectivity index (χ0) is 16.5. The number of pyridine rings is 1. The Hall–Kier alpha value is -3.59. The van der Waals surface area contributed by atoms with Gasteiger partial charge in [-0.2, -0.15) is 10.4 Å². The van der Waals surface area contributed by atoms with E-state index in [-0.39, 0.29) is 0 Å². The molecule has 0 fully saturated rings. The van der Waals surface area contributed by atoms with Crippen LogP contribution in [0.15, 0.2) is 48.7 Å². The van der Waals surface area contributed by atoms with Gasteiger partial charge in [-0.15, -0.1) is 0 Å². The van der Waals surface area contributed by atoms with Crippen molar-refractivity contribution in [3.8, 4) is 11.8 Å². The van der Waals surface area contributed by atoms with Gasteiger partial charge in [0.1, 0.15) is 11.3 Å². The van der Waals surface area contributed by atoms with Crippen LogP contribution >= 0.6 is 0 Å². The third-order valence-electron chi connectivity index (χ3n) is 3.86. The Morgan fingerprint density at radius 1 is 1.17 bits per heavy atom. The summed E-state index contributed by atoms with van der Waals surface area (Å²) in [7, 11) is 1.64. The Labute approximate surface area is 137 Å². The first-order valence-corrected chi connectivity index (χ1v) is 7.36. The van der Waals surface area contributed by atoms with Crippen LogP contribution in [-0.4, -0.2) is 22.3 Å². The van der Waals surface area contributed by atoms with Crippen molar-refractivity contribution < 1.29 is 4.74 Å². The Morgan fingerprint density at radius 2 is 2.08 bits per heavy atom. The summed E-state index contributed by atoms with van der Waals surface area (Å²) in [6, 6.07) is 15.1. The highest BCUT2D eigenvalue weighted by Gasteiger charge is 2.11. The number of nitriles is 1. The highest BCUT2D eigenvalue weighted by molar-refractivity contribution is 6.09. The van der Waals surface area contributed by atoms with E-state index >= 15 is 0 Å². The molecule has 0 aliphatic carbocycles. The van der Waals surface area contributed by atoms with Gasteiger partial charge in [0.15, 0.2) is 5.82 Å².